The number of aromatic carboxylic acids is 1. The molecule has 0 aliphatic carbocycles. The fourth-order valence-corrected chi connectivity index (χ4v) is 2.29. The molecule has 0 fully saturated rings. The maximum absolute atomic E-state index is 10.8. The first-order valence-corrected chi connectivity index (χ1v) is 8.20. The molecule has 2 unspecified atom stereocenters. The second-order valence-electron chi connectivity index (χ2n) is 5.88. The maximum atomic E-state index is 10.8. The molecule has 0 heterocycles. The number of hydrogen-bond acceptors (Lipinski definition) is 3. The van der Waals surface area contributed by atoms with Crippen molar-refractivity contribution in [3.63, 3.8) is 0 Å². The Bertz CT molecular complexity index is 646. The van der Waals surface area contributed by atoms with E-state index in [4.69, 9.17) is 14.6 Å². The normalized spacial score (nSPS) is 13.3. The van der Waals surface area contributed by atoms with E-state index in [2.05, 4.69) is 26.0 Å². The third-order valence-electron chi connectivity index (χ3n) is 4.05. The first-order valence-electron chi connectivity index (χ1n) is 8.20. The van der Waals surface area contributed by atoms with Gasteiger partial charge in [-0.3, -0.25) is 0 Å². The van der Waals surface area contributed by atoms with E-state index in [1.807, 2.05) is 19.1 Å². The van der Waals surface area contributed by atoms with Crippen LogP contribution in [0.2, 0.25) is 0 Å². The number of benzene rings is 2. The maximum Gasteiger partial charge on any atom is 0.335 e. The highest BCUT2D eigenvalue weighted by Gasteiger charge is 2.07. The molecule has 2 atom stereocenters. The first-order chi connectivity index (χ1) is 11.5. The summed E-state index contributed by atoms with van der Waals surface area (Å²) >= 11 is 0. The van der Waals surface area contributed by atoms with Crippen molar-refractivity contribution in [2.45, 2.75) is 46.0 Å². The van der Waals surface area contributed by atoms with Gasteiger partial charge in [-0.25, -0.2) is 4.79 Å². The predicted octanol–water partition coefficient (Wildman–Crippen LogP) is 4.84. The average molecular weight is 328 g/mol. The van der Waals surface area contributed by atoms with Gasteiger partial charge >= 0.3 is 5.97 Å². The van der Waals surface area contributed by atoms with Crippen LogP contribution < -0.4 is 4.74 Å². The molecule has 0 amide bonds. The minimum absolute atomic E-state index is 0.268. The van der Waals surface area contributed by atoms with Crippen LogP contribution in [0.4, 0.5) is 0 Å². The van der Waals surface area contributed by atoms with Crippen molar-refractivity contribution in [3.8, 4) is 5.75 Å². The highest BCUT2D eigenvalue weighted by Crippen LogP contribution is 2.22. The van der Waals surface area contributed by atoms with Crippen molar-refractivity contribution in [1.82, 2.24) is 0 Å². The van der Waals surface area contributed by atoms with Gasteiger partial charge < -0.3 is 14.6 Å². The molecule has 0 spiro atoms. The van der Waals surface area contributed by atoms with E-state index in [0.717, 1.165) is 17.7 Å². The molecule has 2 rings (SSSR count). The van der Waals surface area contributed by atoms with E-state index in [-0.39, 0.29) is 5.56 Å². The van der Waals surface area contributed by atoms with Crippen LogP contribution in [0.1, 0.15) is 54.6 Å². The summed E-state index contributed by atoms with van der Waals surface area (Å²) in [6.07, 6.45) is 0.721. The first kappa shape index (κ1) is 18.0. The summed E-state index contributed by atoms with van der Waals surface area (Å²) in [5.74, 6) is 0.386. The van der Waals surface area contributed by atoms with Crippen LogP contribution in [-0.2, 0) is 11.3 Å². The lowest BCUT2D eigenvalue weighted by molar-refractivity contribution is -0.0759. The lowest BCUT2D eigenvalue weighted by Crippen LogP contribution is -2.16. The number of carboxylic acids is 1. The highest BCUT2D eigenvalue weighted by molar-refractivity contribution is 5.87. The summed E-state index contributed by atoms with van der Waals surface area (Å²) in [7, 11) is 0. The van der Waals surface area contributed by atoms with Gasteiger partial charge in [-0.1, -0.05) is 38.1 Å². The van der Waals surface area contributed by atoms with Gasteiger partial charge in [0.05, 0.1) is 12.2 Å². The fourth-order valence-electron chi connectivity index (χ4n) is 2.29. The molecular formula is C20H24O4. The van der Waals surface area contributed by atoms with E-state index in [1.165, 1.54) is 5.56 Å². The van der Waals surface area contributed by atoms with Gasteiger partial charge in [-0.15, -0.1) is 0 Å². The SMILES string of the molecule is CCC(C)c1ccc(OC(C)OCc2ccc(C(=O)O)cc2)cc1. The number of hydrogen-bond donors (Lipinski definition) is 1. The van der Waals surface area contributed by atoms with Crippen LogP contribution in [0, 0.1) is 0 Å². The van der Waals surface area contributed by atoms with E-state index in [1.54, 1.807) is 24.3 Å². The van der Waals surface area contributed by atoms with Crippen LogP contribution in [0.15, 0.2) is 48.5 Å². The Balaban J connectivity index is 1.84. The standard InChI is InChI=1S/C20H24O4/c1-4-14(2)17-9-11-19(12-10-17)24-15(3)23-13-16-5-7-18(8-6-16)20(21)22/h5-12,14-15H,4,13H2,1-3H3,(H,21,22). The predicted molar refractivity (Wildman–Crippen MR) is 93.4 cm³/mol. The molecule has 2 aromatic rings. The van der Waals surface area contributed by atoms with Gasteiger partial charge in [0.1, 0.15) is 5.75 Å². The van der Waals surface area contributed by atoms with Crippen LogP contribution in [0.3, 0.4) is 0 Å². The number of carbonyl (C=O) groups is 1. The van der Waals surface area contributed by atoms with Gasteiger partial charge in [0.25, 0.3) is 0 Å². The molecule has 1 N–H and O–H groups in total. The Hall–Kier alpha value is -2.33. The van der Waals surface area contributed by atoms with Crippen molar-refractivity contribution in [1.29, 1.82) is 0 Å². The third-order valence-corrected chi connectivity index (χ3v) is 4.05. The van der Waals surface area contributed by atoms with Crippen molar-refractivity contribution in [2.75, 3.05) is 0 Å². The Labute approximate surface area is 143 Å². The van der Waals surface area contributed by atoms with Crippen LogP contribution in [0.25, 0.3) is 0 Å². The molecule has 0 bridgehead atoms. The molecule has 0 saturated carbocycles. The van der Waals surface area contributed by atoms with Crippen molar-refractivity contribution >= 4 is 5.97 Å². The van der Waals surface area contributed by atoms with Crippen LogP contribution >= 0.6 is 0 Å². The van der Waals surface area contributed by atoms with E-state index in [0.29, 0.717) is 12.5 Å². The lowest BCUT2D eigenvalue weighted by Gasteiger charge is -2.16. The van der Waals surface area contributed by atoms with Gasteiger partial charge in [-0.05, 0) is 54.7 Å². The molecule has 0 saturated heterocycles. The molecule has 0 aromatic heterocycles. The Morgan fingerprint density at radius 3 is 2.21 bits per heavy atom. The molecular weight excluding hydrogens is 304 g/mol. The van der Waals surface area contributed by atoms with Crippen molar-refractivity contribution in [3.05, 3.63) is 65.2 Å². The molecule has 0 radical (unpaired) electrons. The zero-order chi connectivity index (χ0) is 17.5. The number of rotatable bonds is 8. The fraction of sp³-hybridized carbons (Fsp3) is 0.350. The number of ether oxygens (including phenoxy) is 2. The van der Waals surface area contributed by atoms with Gasteiger partial charge in [0.15, 0.2) is 6.29 Å². The highest BCUT2D eigenvalue weighted by atomic mass is 16.7. The minimum Gasteiger partial charge on any atom is -0.478 e. The number of carboxylic acid groups (broad SMARTS) is 1. The second kappa shape index (κ2) is 8.50. The average Bonchev–Trinajstić information content (AvgIpc) is 2.60. The largest absolute Gasteiger partial charge is 0.478 e. The second-order valence-corrected chi connectivity index (χ2v) is 5.88. The Morgan fingerprint density at radius 1 is 1.04 bits per heavy atom. The van der Waals surface area contributed by atoms with Crippen LogP contribution in [-0.4, -0.2) is 17.4 Å². The Kier molecular flexibility index (Phi) is 6.38. The summed E-state index contributed by atoms with van der Waals surface area (Å²) in [6.45, 7) is 6.59. The molecule has 4 heteroatoms. The molecule has 24 heavy (non-hydrogen) atoms. The molecule has 2 aromatic carbocycles. The van der Waals surface area contributed by atoms with Gasteiger partial charge in [0, 0.05) is 0 Å². The topological polar surface area (TPSA) is 55.8 Å². The summed E-state index contributed by atoms with van der Waals surface area (Å²) < 4.78 is 11.4. The summed E-state index contributed by atoms with van der Waals surface area (Å²) in [6, 6.07) is 14.7. The zero-order valence-electron chi connectivity index (χ0n) is 14.4. The summed E-state index contributed by atoms with van der Waals surface area (Å²) in [4.78, 5) is 10.8. The molecule has 128 valence electrons. The van der Waals surface area contributed by atoms with E-state index < -0.39 is 12.3 Å². The Morgan fingerprint density at radius 2 is 1.67 bits per heavy atom. The molecule has 0 aliphatic rings. The minimum atomic E-state index is -0.931. The summed E-state index contributed by atoms with van der Waals surface area (Å²) in [5, 5.41) is 8.88. The van der Waals surface area contributed by atoms with Crippen LogP contribution in [0.5, 0.6) is 5.75 Å². The van der Waals surface area contributed by atoms with Gasteiger partial charge in [-0.2, -0.15) is 0 Å². The monoisotopic (exact) mass is 328 g/mol. The van der Waals surface area contributed by atoms with Crippen molar-refractivity contribution < 1.29 is 19.4 Å². The summed E-state index contributed by atoms with van der Waals surface area (Å²) in [5.41, 5.74) is 2.48. The third kappa shape index (κ3) is 5.10. The van der Waals surface area contributed by atoms with E-state index in [9.17, 15) is 4.79 Å². The molecule has 4 nitrogen and oxygen atoms in total. The molecule has 0 aliphatic heterocycles. The van der Waals surface area contributed by atoms with Crippen molar-refractivity contribution in [2.24, 2.45) is 0 Å². The van der Waals surface area contributed by atoms with E-state index >= 15 is 0 Å². The zero-order valence-corrected chi connectivity index (χ0v) is 14.4. The quantitative estimate of drug-likeness (QED) is 0.705. The smallest absolute Gasteiger partial charge is 0.335 e. The van der Waals surface area contributed by atoms with Gasteiger partial charge in [0.2, 0.25) is 0 Å². The lowest BCUT2D eigenvalue weighted by atomic mass is 9.99.